The monoisotopic (exact) mass is 344 g/mol. The zero-order chi connectivity index (χ0) is 14.4. The summed E-state index contributed by atoms with van der Waals surface area (Å²) in [7, 11) is 1.43. The molecule has 0 fully saturated rings. The topological polar surface area (TPSA) is 112 Å². The second-order valence-corrected chi connectivity index (χ2v) is 3.86. The maximum Gasteiger partial charge on any atom is 0.269 e. The minimum Gasteiger partial charge on any atom is -0.493 e. The summed E-state index contributed by atoms with van der Waals surface area (Å²) in [6.45, 7) is 0. The van der Waals surface area contributed by atoms with E-state index in [2.05, 4.69) is 15.8 Å². The molecule has 0 bridgehead atoms. The number of methoxy groups -OCH3 is 1. The molecule has 0 atom stereocenters. The summed E-state index contributed by atoms with van der Waals surface area (Å²) in [6.07, 6.45) is 9.35. The van der Waals surface area contributed by atoms with Gasteiger partial charge in [0, 0.05) is 46.8 Å². The first kappa shape index (κ1) is 19.6. The van der Waals surface area contributed by atoms with Crippen molar-refractivity contribution in [2.75, 3.05) is 7.11 Å². The molecule has 0 spiro atoms. The van der Waals surface area contributed by atoms with Gasteiger partial charge in [-0.15, -0.1) is 0 Å². The van der Waals surface area contributed by atoms with Gasteiger partial charge in [-0.2, -0.15) is 0 Å². The molecule has 0 aliphatic heterocycles. The molecule has 1 radical (unpaired) electrons. The Morgan fingerprint density at radius 2 is 2.00 bits per heavy atom. The predicted octanol–water partition coefficient (Wildman–Crippen LogP) is 0.0419. The van der Waals surface area contributed by atoms with Crippen LogP contribution in [0.25, 0.3) is 0 Å². The van der Waals surface area contributed by atoms with Gasteiger partial charge < -0.3 is 15.6 Å². The molecule has 8 heteroatoms. The maximum atomic E-state index is 11.8. The maximum absolute atomic E-state index is 11.8. The smallest absolute Gasteiger partial charge is 0.269 e. The number of Topliss-reactive ketones (excluding diaryl/α,β-unsaturated/α-hetero) is 1. The first-order valence-electron chi connectivity index (χ1n) is 5.85. The number of ether oxygens (including phenoxy) is 1. The number of rotatable bonds is 4. The van der Waals surface area contributed by atoms with Crippen molar-refractivity contribution in [2.45, 2.75) is 0 Å². The van der Waals surface area contributed by atoms with Crippen molar-refractivity contribution in [1.82, 2.24) is 15.8 Å². The van der Waals surface area contributed by atoms with Crippen LogP contribution >= 0.6 is 0 Å². The van der Waals surface area contributed by atoms with E-state index in [0.717, 1.165) is 0 Å². The van der Waals surface area contributed by atoms with E-state index in [9.17, 15) is 9.59 Å². The molecule has 0 unspecified atom stereocenters. The molecule has 1 aromatic rings. The van der Waals surface area contributed by atoms with Gasteiger partial charge in [0.25, 0.3) is 5.91 Å². The number of nitrogens with one attached hydrogen (secondary N) is 2. The Balaban J connectivity index is 0.00000220. The van der Waals surface area contributed by atoms with E-state index in [1.165, 1.54) is 25.7 Å². The third kappa shape index (κ3) is 4.85. The Bertz CT molecular complexity index is 612. The fourth-order valence-electron chi connectivity index (χ4n) is 1.56. The number of carbonyl (C=O) groups is 2. The van der Waals surface area contributed by atoms with Crippen LogP contribution < -0.4 is 10.9 Å². The van der Waals surface area contributed by atoms with Crippen LogP contribution in [-0.4, -0.2) is 29.3 Å². The summed E-state index contributed by atoms with van der Waals surface area (Å²) >= 11 is 0. The summed E-state index contributed by atoms with van der Waals surface area (Å²) in [6, 6.07) is 3.17. The van der Waals surface area contributed by atoms with E-state index >= 15 is 0 Å². The van der Waals surface area contributed by atoms with Crippen molar-refractivity contribution in [3.63, 3.8) is 0 Å². The summed E-state index contributed by atoms with van der Waals surface area (Å²) in [5.41, 5.74) is 5.91. The molecule has 117 valence electrons. The number of hydrogen-bond acceptors (Lipinski definition) is 5. The molecule has 2 rings (SSSR count). The number of hydrogen-bond donors (Lipinski definition) is 2. The van der Waals surface area contributed by atoms with Crippen LogP contribution in [-0.2, 0) is 26.6 Å². The Morgan fingerprint density at radius 3 is 2.64 bits per heavy atom. The average molecular weight is 344 g/mol. The number of hydrazine groups is 1. The minimum atomic E-state index is -0.320. The molecular weight excluding hydrogens is 329 g/mol. The molecule has 1 aliphatic rings. The van der Waals surface area contributed by atoms with E-state index in [1.54, 1.807) is 30.4 Å². The third-order valence-electron chi connectivity index (χ3n) is 2.59. The average Bonchev–Trinajstić information content (AvgIpc) is 2.49. The molecule has 0 saturated carbocycles. The van der Waals surface area contributed by atoms with Crippen LogP contribution in [0.15, 0.2) is 60.3 Å². The Morgan fingerprint density at radius 1 is 1.32 bits per heavy atom. The van der Waals surface area contributed by atoms with Crippen LogP contribution in [0.1, 0.15) is 10.4 Å². The summed E-state index contributed by atoms with van der Waals surface area (Å²) < 4.78 is 4.93. The third-order valence-corrected chi connectivity index (χ3v) is 2.59. The van der Waals surface area contributed by atoms with Gasteiger partial charge in [0.05, 0.1) is 7.11 Å². The van der Waals surface area contributed by atoms with Gasteiger partial charge in [0.2, 0.25) is 5.78 Å². The Hall–Kier alpha value is -2.41. The summed E-state index contributed by atoms with van der Waals surface area (Å²) in [5.74, 6) is -0.319. The fourth-order valence-corrected chi connectivity index (χ4v) is 1.56. The molecule has 22 heavy (non-hydrogen) atoms. The second kappa shape index (κ2) is 9.51. The molecule has 0 saturated heterocycles. The number of carbonyl (C=O) groups excluding carboxylic acids is 2. The standard InChI is InChI=1S/C14H13N3O3.Mn.H2O/c1-20-12-4-2-3-11(13(12)18)9-16-17-14(19)10-5-7-15-8-6-10;;/h2-9,16H,1H3,(H,17,19);;1H2/b11-9-;;. The molecular formula is C14H15MnN3O4. The first-order chi connectivity index (χ1) is 9.72. The molecule has 1 aliphatic carbocycles. The van der Waals surface area contributed by atoms with E-state index in [-0.39, 0.29) is 40.0 Å². The minimum absolute atomic E-state index is 0. The van der Waals surface area contributed by atoms with Gasteiger partial charge in [-0.25, -0.2) is 0 Å². The summed E-state index contributed by atoms with van der Waals surface area (Å²) in [5, 5.41) is 0. The van der Waals surface area contributed by atoms with Crippen molar-refractivity contribution in [3.8, 4) is 0 Å². The summed E-state index contributed by atoms with van der Waals surface area (Å²) in [4.78, 5) is 27.4. The molecule has 1 aromatic heterocycles. The Labute approximate surface area is 137 Å². The number of ketones is 1. The van der Waals surface area contributed by atoms with Gasteiger partial charge in [-0.3, -0.25) is 20.0 Å². The van der Waals surface area contributed by atoms with Crippen molar-refractivity contribution >= 4 is 11.7 Å². The van der Waals surface area contributed by atoms with Crippen molar-refractivity contribution in [1.29, 1.82) is 0 Å². The zero-order valence-electron chi connectivity index (χ0n) is 11.7. The van der Waals surface area contributed by atoms with Crippen LogP contribution in [0.5, 0.6) is 0 Å². The van der Waals surface area contributed by atoms with E-state index in [4.69, 9.17) is 4.74 Å². The van der Waals surface area contributed by atoms with Crippen LogP contribution in [0.2, 0.25) is 0 Å². The molecule has 7 nitrogen and oxygen atoms in total. The van der Waals surface area contributed by atoms with Crippen LogP contribution in [0, 0.1) is 0 Å². The molecule has 4 N–H and O–H groups in total. The van der Waals surface area contributed by atoms with Crippen molar-refractivity contribution in [3.05, 3.63) is 65.9 Å². The number of amides is 1. The predicted molar refractivity (Wildman–Crippen MR) is 75.8 cm³/mol. The number of pyridine rings is 1. The van der Waals surface area contributed by atoms with Gasteiger partial charge in [0.1, 0.15) is 0 Å². The van der Waals surface area contributed by atoms with Gasteiger partial charge >= 0.3 is 0 Å². The largest absolute Gasteiger partial charge is 0.493 e. The van der Waals surface area contributed by atoms with Crippen LogP contribution in [0.3, 0.4) is 0 Å². The van der Waals surface area contributed by atoms with Crippen molar-refractivity contribution in [2.24, 2.45) is 0 Å². The van der Waals surface area contributed by atoms with E-state index in [0.29, 0.717) is 11.1 Å². The number of aromatic nitrogens is 1. The molecule has 1 heterocycles. The molecule has 1 amide bonds. The zero-order valence-corrected chi connectivity index (χ0v) is 12.8. The Kier molecular flexibility index (Phi) is 8.47. The normalized spacial score (nSPS) is 14.3. The van der Waals surface area contributed by atoms with E-state index < -0.39 is 0 Å². The fraction of sp³-hybridized carbons (Fsp3) is 0.0714. The van der Waals surface area contributed by atoms with Gasteiger partial charge in [0.15, 0.2) is 5.76 Å². The number of allylic oxidation sites excluding steroid dienone is 4. The second-order valence-electron chi connectivity index (χ2n) is 3.86. The molecule has 0 aromatic carbocycles. The van der Waals surface area contributed by atoms with Gasteiger partial charge in [-0.1, -0.05) is 6.08 Å². The number of nitrogens with zero attached hydrogens (tertiary/aromatic N) is 1. The van der Waals surface area contributed by atoms with Crippen LogP contribution in [0.4, 0.5) is 0 Å². The quantitative estimate of drug-likeness (QED) is 0.455. The van der Waals surface area contributed by atoms with E-state index in [1.807, 2.05) is 0 Å². The first-order valence-corrected chi connectivity index (χ1v) is 5.85. The SMILES string of the molecule is COC1=CC=C/C(=C/NNC(=O)c2ccncc2)C1=O.O.[Mn]. The van der Waals surface area contributed by atoms with Gasteiger partial charge in [-0.05, 0) is 24.3 Å². The van der Waals surface area contributed by atoms with Crippen molar-refractivity contribution < 1.29 is 36.9 Å².